The second-order valence-corrected chi connectivity index (χ2v) is 7.17. The summed E-state index contributed by atoms with van der Waals surface area (Å²) in [7, 11) is 0. The highest BCUT2D eigenvalue weighted by Crippen LogP contribution is 2.33. The zero-order valence-electron chi connectivity index (χ0n) is 15.9. The van der Waals surface area contributed by atoms with Crippen LogP contribution >= 0.6 is 11.3 Å². The van der Waals surface area contributed by atoms with Crippen LogP contribution in [0.1, 0.15) is 63.7 Å². The first-order chi connectivity index (χ1) is 12.7. The van der Waals surface area contributed by atoms with Gasteiger partial charge in [0.1, 0.15) is 16.3 Å². The van der Waals surface area contributed by atoms with E-state index in [0.29, 0.717) is 16.5 Å². The van der Waals surface area contributed by atoms with Crippen molar-refractivity contribution in [3.05, 3.63) is 33.5 Å². The summed E-state index contributed by atoms with van der Waals surface area (Å²) in [6.45, 7) is 8.60. The third-order valence-corrected chi connectivity index (χ3v) is 4.99. The Morgan fingerprint density at radius 3 is 2.48 bits per heavy atom. The van der Waals surface area contributed by atoms with Crippen LogP contribution in [0.3, 0.4) is 0 Å². The van der Waals surface area contributed by atoms with E-state index in [0.717, 1.165) is 4.88 Å². The number of anilines is 1. The average Bonchev–Trinajstić information content (AvgIpc) is 3.16. The minimum absolute atomic E-state index is 0.186. The Balaban J connectivity index is 2.06. The molecule has 0 aliphatic carbocycles. The summed E-state index contributed by atoms with van der Waals surface area (Å²) < 4.78 is 15.0. The number of thiophene rings is 1. The summed E-state index contributed by atoms with van der Waals surface area (Å²) in [6.07, 6.45) is 0. The summed E-state index contributed by atoms with van der Waals surface area (Å²) in [5, 5.41) is 6.66. The maximum Gasteiger partial charge on any atom is 0.344 e. The average molecular weight is 394 g/mol. The quantitative estimate of drug-likeness (QED) is 0.717. The molecular formula is C18H22N2O6S. The van der Waals surface area contributed by atoms with Crippen molar-refractivity contribution in [3.8, 4) is 0 Å². The number of hydrogen-bond acceptors (Lipinski definition) is 8. The molecule has 0 bridgehead atoms. The molecule has 0 aromatic carbocycles. The maximum absolute atomic E-state index is 12.2. The van der Waals surface area contributed by atoms with Crippen molar-refractivity contribution in [3.63, 3.8) is 0 Å². The van der Waals surface area contributed by atoms with Gasteiger partial charge in [-0.25, -0.2) is 9.59 Å². The number of hydrogen-bond donors (Lipinski definition) is 1. The Hall–Kier alpha value is -2.68. The van der Waals surface area contributed by atoms with Gasteiger partial charge in [0.05, 0.1) is 17.9 Å². The van der Waals surface area contributed by atoms with Gasteiger partial charge in [0.15, 0.2) is 6.61 Å². The lowest BCUT2D eigenvalue weighted by Crippen LogP contribution is -2.22. The number of rotatable bonds is 7. The predicted octanol–water partition coefficient (Wildman–Crippen LogP) is 3.45. The Morgan fingerprint density at radius 2 is 1.93 bits per heavy atom. The highest BCUT2D eigenvalue weighted by Gasteiger charge is 2.22. The molecule has 0 atom stereocenters. The number of ether oxygens (including phenoxy) is 2. The van der Waals surface area contributed by atoms with Crippen LogP contribution in [-0.2, 0) is 14.3 Å². The molecule has 146 valence electrons. The molecule has 27 heavy (non-hydrogen) atoms. The first-order valence-corrected chi connectivity index (χ1v) is 9.26. The molecule has 2 heterocycles. The monoisotopic (exact) mass is 394 g/mol. The number of aromatic nitrogens is 1. The summed E-state index contributed by atoms with van der Waals surface area (Å²) in [5.41, 5.74) is 0.881. The van der Waals surface area contributed by atoms with Crippen molar-refractivity contribution in [1.82, 2.24) is 5.16 Å². The van der Waals surface area contributed by atoms with Crippen molar-refractivity contribution < 1.29 is 28.4 Å². The van der Waals surface area contributed by atoms with Crippen LogP contribution in [0.15, 0.2) is 10.6 Å². The number of nitrogens with one attached hydrogen (secondary N) is 1. The number of nitrogens with zero attached hydrogens (tertiary/aromatic N) is 1. The van der Waals surface area contributed by atoms with E-state index in [9.17, 15) is 14.4 Å². The number of carbonyl (C=O) groups is 3. The lowest BCUT2D eigenvalue weighted by molar-refractivity contribution is -0.119. The van der Waals surface area contributed by atoms with Gasteiger partial charge < -0.3 is 19.3 Å². The van der Waals surface area contributed by atoms with Crippen LogP contribution in [0.25, 0.3) is 0 Å². The Kier molecular flexibility index (Phi) is 6.73. The van der Waals surface area contributed by atoms with E-state index >= 15 is 0 Å². The molecule has 0 aliphatic rings. The van der Waals surface area contributed by atoms with Crippen LogP contribution in [0.4, 0.5) is 5.00 Å². The normalized spacial score (nSPS) is 10.7. The molecule has 0 spiro atoms. The largest absolute Gasteiger partial charge is 0.462 e. The number of aryl methyl sites for hydroxylation is 2. The van der Waals surface area contributed by atoms with Gasteiger partial charge in [0.2, 0.25) is 0 Å². The summed E-state index contributed by atoms with van der Waals surface area (Å²) >= 11 is 1.29. The number of esters is 2. The fraction of sp³-hybridized carbons (Fsp3) is 0.444. The molecule has 0 unspecified atom stereocenters. The van der Waals surface area contributed by atoms with E-state index in [1.54, 1.807) is 26.8 Å². The Labute approximate surface area is 160 Å². The van der Waals surface area contributed by atoms with Crippen molar-refractivity contribution in [2.75, 3.05) is 18.5 Å². The predicted molar refractivity (Wildman–Crippen MR) is 99.3 cm³/mol. The summed E-state index contributed by atoms with van der Waals surface area (Å²) in [6, 6.07) is 1.71. The van der Waals surface area contributed by atoms with E-state index in [1.807, 2.05) is 13.8 Å². The Bertz CT molecular complexity index is 833. The molecule has 0 aliphatic heterocycles. The SMILES string of the molecule is CCOC(=O)c1cc(C(C)C)sc1NC(=O)COC(=O)c1c(C)noc1C. The van der Waals surface area contributed by atoms with Gasteiger partial charge in [0.25, 0.3) is 5.91 Å². The zero-order chi connectivity index (χ0) is 20.1. The number of carbonyl (C=O) groups excluding carboxylic acids is 3. The van der Waals surface area contributed by atoms with Crippen molar-refractivity contribution in [2.45, 2.75) is 40.5 Å². The minimum Gasteiger partial charge on any atom is -0.462 e. The third-order valence-electron chi connectivity index (χ3n) is 3.64. The smallest absolute Gasteiger partial charge is 0.344 e. The lowest BCUT2D eigenvalue weighted by Gasteiger charge is -2.07. The van der Waals surface area contributed by atoms with E-state index < -0.39 is 24.5 Å². The molecule has 2 aromatic heterocycles. The van der Waals surface area contributed by atoms with Crippen molar-refractivity contribution in [2.24, 2.45) is 0 Å². The molecule has 0 saturated carbocycles. The van der Waals surface area contributed by atoms with E-state index in [2.05, 4.69) is 10.5 Å². The van der Waals surface area contributed by atoms with Crippen LogP contribution in [0, 0.1) is 13.8 Å². The van der Waals surface area contributed by atoms with Gasteiger partial charge in [-0.3, -0.25) is 4.79 Å². The fourth-order valence-electron chi connectivity index (χ4n) is 2.29. The first kappa shape index (κ1) is 20.6. The second kappa shape index (κ2) is 8.81. The van der Waals surface area contributed by atoms with E-state index in [1.165, 1.54) is 11.3 Å². The molecule has 0 saturated heterocycles. The minimum atomic E-state index is -0.693. The molecule has 8 nitrogen and oxygen atoms in total. The fourth-order valence-corrected chi connectivity index (χ4v) is 3.35. The van der Waals surface area contributed by atoms with E-state index in [4.69, 9.17) is 14.0 Å². The highest BCUT2D eigenvalue weighted by atomic mass is 32.1. The molecule has 1 N–H and O–H groups in total. The summed E-state index contributed by atoms with van der Waals surface area (Å²) in [4.78, 5) is 37.3. The molecule has 9 heteroatoms. The third kappa shape index (κ3) is 4.94. The van der Waals surface area contributed by atoms with Gasteiger partial charge in [-0.05, 0) is 32.8 Å². The molecule has 0 radical (unpaired) electrons. The van der Waals surface area contributed by atoms with Gasteiger partial charge in [-0.15, -0.1) is 11.3 Å². The van der Waals surface area contributed by atoms with Crippen molar-refractivity contribution >= 4 is 34.2 Å². The van der Waals surface area contributed by atoms with Gasteiger partial charge in [-0.2, -0.15) is 0 Å². The lowest BCUT2D eigenvalue weighted by atomic mass is 10.1. The van der Waals surface area contributed by atoms with Crippen LogP contribution < -0.4 is 5.32 Å². The molecule has 0 fully saturated rings. The van der Waals surface area contributed by atoms with Crippen molar-refractivity contribution in [1.29, 1.82) is 0 Å². The molecular weight excluding hydrogens is 372 g/mol. The van der Waals surface area contributed by atoms with Crippen LogP contribution in [-0.4, -0.2) is 36.2 Å². The molecule has 2 aromatic rings. The highest BCUT2D eigenvalue weighted by molar-refractivity contribution is 7.16. The van der Waals surface area contributed by atoms with Gasteiger partial charge >= 0.3 is 11.9 Å². The second-order valence-electron chi connectivity index (χ2n) is 6.09. The molecule has 1 amide bonds. The zero-order valence-corrected chi connectivity index (χ0v) is 16.7. The maximum atomic E-state index is 12.2. The first-order valence-electron chi connectivity index (χ1n) is 8.45. The molecule has 2 rings (SSSR count). The van der Waals surface area contributed by atoms with Gasteiger partial charge in [0, 0.05) is 4.88 Å². The topological polar surface area (TPSA) is 108 Å². The van der Waals surface area contributed by atoms with Gasteiger partial charge in [-0.1, -0.05) is 19.0 Å². The summed E-state index contributed by atoms with van der Waals surface area (Å²) in [5.74, 6) is -1.25. The Morgan fingerprint density at radius 1 is 1.22 bits per heavy atom. The van der Waals surface area contributed by atoms with E-state index in [-0.39, 0.29) is 23.7 Å². The van der Waals surface area contributed by atoms with Crippen LogP contribution in [0.2, 0.25) is 0 Å². The number of amides is 1. The standard InChI is InChI=1S/C18H22N2O6S/c1-6-24-17(22)12-7-13(9(2)3)27-16(12)19-14(21)8-25-18(23)15-10(4)20-26-11(15)5/h7,9H,6,8H2,1-5H3,(H,19,21). The van der Waals surface area contributed by atoms with Crippen LogP contribution in [0.5, 0.6) is 0 Å².